The Morgan fingerprint density at radius 3 is 1.62 bits per heavy atom. The van der Waals surface area contributed by atoms with E-state index < -0.39 is 20.2 Å². The summed E-state index contributed by atoms with van der Waals surface area (Å²) in [6.45, 7) is 0.121. The van der Waals surface area contributed by atoms with Gasteiger partial charge in [0.15, 0.2) is 0 Å². The van der Waals surface area contributed by atoms with Crippen molar-refractivity contribution >= 4 is 20.2 Å². The maximum atomic E-state index is 11.1. The minimum atomic E-state index is -3.49. The van der Waals surface area contributed by atoms with E-state index >= 15 is 0 Å². The van der Waals surface area contributed by atoms with Crippen LogP contribution in [0.2, 0.25) is 0 Å². The van der Waals surface area contributed by atoms with Crippen LogP contribution in [-0.2, 0) is 28.6 Å². The van der Waals surface area contributed by atoms with Gasteiger partial charge in [0.05, 0.1) is 25.7 Å². The van der Waals surface area contributed by atoms with Crippen LogP contribution in [0.3, 0.4) is 0 Å². The SMILES string of the molecule is CS(=O)(=O)OC[C@@H]1C[C@H](COS(C)(=O)=O)c2ccccc21. The summed E-state index contributed by atoms with van der Waals surface area (Å²) in [4.78, 5) is 0. The van der Waals surface area contributed by atoms with Crippen molar-refractivity contribution in [3.05, 3.63) is 35.4 Å². The molecule has 0 spiro atoms. The van der Waals surface area contributed by atoms with E-state index in [-0.39, 0.29) is 25.0 Å². The van der Waals surface area contributed by atoms with Crippen molar-refractivity contribution < 1.29 is 25.2 Å². The van der Waals surface area contributed by atoms with E-state index in [9.17, 15) is 16.8 Å². The minimum Gasteiger partial charge on any atom is -0.270 e. The Kier molecular flexibility index (Phi) is 4.72. The molecular formula is C13H18O6S2. The molecule has 0 saturated carbocycles. The van der Waals surface area contributed by atoms with Crippen molar-refractivity contribution in [3.63, 3.8) is 0 Å². The monoisotopic (exact) mass is 334 g/mol. The van der Waals surface area contributed by atoms with Gasteiger partial charge in [-0.25, -0.2) is 0 Å². The summed E-state index contributed by atoms with van der Waals surface area (Å²) in [7, 11) is -6.99. The van der Waals surface area contributed by atoms with Crippen LogP contribution in [0.4, 0.5) is 0 Å². The molecule has 0 amide bonds. The van der Waals surface area contributed by atoms with Crippen molar-refractivity contribution in [2.75, 3.05) is 25.7 Å². The Bertz CT molecular complexity index is 647. The molecule has 0 aliphatic heterocycles. The Balaban J connectivity index is 2.13. The zero-order chi connectivity index (χ0) is 15.7. The molecule has 0 radical (unpaired) electrons. The van der Waals surface area contributed by atoms with Gasteiger partial charge in [-0.2, -0.15) is 16.8 Å². The minimum absolute atomic E-state index is 0.0607. The predicted octanol–water partition coefficient (Wildman–Crippen LogP) is 1.21. The summed E-state index contributed by atoms with van der Waals surface area (Å²) in [6, 6.07) is 7.55. The molecule has 1 aliphatic carbocycles. The molecule has 2 atom stereocenters. The molecule has 0 N–H and O–H groups in total. The van der Waals surface area contributed by atoms with E-state index in [2.05, 4.69) is 0 Å². The first-order chi connectivity index (χ1) is 9.66. The summed E-state index contributed by atoms with van der Waals surface area (Å²) in [5, 5.41) is 0. The number of benzene rings is 1. The zero-order valence-electron chi connectivity index (χ0n) is 11.9. The van der Waals surface area contributed by atoms with Gasteiger partial charge in [-0.15, -0.1) is 0 Å². The lowest BCUT2D eigenvalue weighted by Crippen LogP contribution is -2.12. The summed E-state index contributed by atoms with van der Waals surface area (Å²) < 4.78 is 54.2. The Labute approximate surface area is 125 Å². The van der Waals surface area contributed by atoms with E-state index in [0.717, 1.165) is 23.6 Å². The molecule has 0 fully saturated rings. The Morgan fingerprint density at radius 2 is 1.29 bits per heavy atom. The number of rotatable bonds is 6. The van der Waals surface area contributed by atoms with Crippen LogP contribution < -0.4 is 0 Å². The topological polar surface area (TPSA) is 86.7 Å². The van der Waals surface area contributed by atoms with Gasteiger partial charge in [0, 0.05) is 11.8 Å². The summed E-state index contributed by atoms with van der Waals surface area (Å²) >= 11 is 0. The zero-order valence-corrected chi connectivity index (χ0v) is 13.5. The van der Waals surface area contributed by atoms with Gasteiger partial charge in [-0.05, 0) is 17.5 Å². The van der Waals surface area contributed by atoms with Crippen LogP contribution in [-0.4, -0.2) is 42.6 Å². The maximum Gasteiger partial charge on any atom is 0.264 e. The summed E-state index contributed by atoms with van der Waals surface area (Å²) in [5.74, 6) is -0.159. The summed E-state index contributed by atoms with van der Waals surface area (Å²) in [6.07, 6.45) is 2.63. The van der Waals surface area contributed by atoms with Crippen LogP contribution in [0, 0.1) is 0 Å². The molecule has 8 heteroatoms. The van der Waals surface area contributed by atoms with Gasteiger partial charge >= 0.3 is 0 Å². The first kappa shape index (κ1) is 16.4. The Hall–Kier alpha value is -0.960. The normalized spacial score (nSPS) is 22.2. The van der Waals surface area contributed by atoms with E-state index in [0.29, 0.717) is 6.42 Å². The van der Waals surface area contributed by atoms with Crippen molar-refractivity contribution in [3.8, 4) is 0 Å². The molecule has 1 aromatic rings. The lowest BCUT2D eigenvalue weighted by Gasteiger charge is -2.11. The highest BCUT2D eigenvalue weighted by Gasteiger charge is 2.32. The third kappa shape index (κ3) is 4.77. The average molecular weight is 334 g/mol. The molecule has 118 valence electrons. The highest BCUT2D eigenvalue weighted by Crippen LogP contribution is 2.42. The van der Waals surface area contributed by atoms with E-state index in [4.69, 9.17) is 8.37 Å². The van der Waals surface area contributed by atoms with Crippen molar-refractivity contribution in [2.45, 2.75) is 18.3 Å². The third-order valence-corrected chi connectivity index (χ3v) is 4.54. The predicted molar refractivity (Wildman–Crippen MR) is 78.1 cm³/mol. The molecule has 1 aliphatic rings. The van der Waals surface area contributed by atoms with Crippen LogP contribution in [0.5, 0.6) is 0 Å². The second-order valence-electron chi connectivity index (χ2n) is 5.24. The first-order valence-electron chi connectivity index (χ1n) is 6.43. The van der Waals surface area contributed by atoms with Crippen LogP contribution >= 0.6 is 0 Å². The van der Waals surface area contributed by atoms with Gasteiger partial charge in [-0.3, -0.25) is 8.37 Å². The third-order valence-electron chi connectivity index (χ3n) is 3.41. The first-order valence-corrected chi connectivity index (χ1v) is 10.1. The molecule has 1 aromatic carbocycles. The molecule has 0 bridgehead atoms. The van der Waals surface area contributed by atoms with Crippen LogP contribution in [0.25, 0.3) is 0 Å². The lowest BCUT2D eigenvalue weighted by molar-refractivity contribution is 0.264. The van der Waals surface area contributed by atoms with Gasteiger partial charge in [0.2, 0.25) is 0 Å². The maximum absolute atomic E-state index is 11.1. The van der Waals surface area contributed by atoms with Gasteiger partial charge < -0.3 is 0 Å². The molecule has 6 nitrogen and oxygen atoms in total. The van der Waals surface area contributed by atoms with Gasteiger partial charge in [0.25, 0.3) is 20.2 Å². The second-order valence-corrected chi connectivity index (χ2v) is 8.52. The largest absolute Gasteiger partial charge is 0.270 e. The fourth-order valence-corrected chi connectivity index (χ4v) is 3.40. The molecule has 2 rings (SSSR count). The average Bonchev–Trinajstić information content (AvgIpc) is 2.71. The van der Waals surface area contributed by atoms with Crippen LogP contribution in [0.15, 0.2) is 24.3 Å². The van der Waals surface area contributed by atoms with Crippen molar-refractivity contribution in [1.29, 1.82) is 0 Å². The lowest BCUT2D eigenvalue weighted by atomic mass is 10.0. The molecule has 21 heavy (non-hydrogen) atoms. The number of hydrogen-bond donors (Lipinski definition) is 0. The summed E-state index contributed by atoms with van der Waals surface area (Å²) in [5.41, 5.74) is 1.98. The van der Waals surface area contributed by atoms with Crippen LogP contribution in [0.1, 0.15) is 29.4 Å². The second kappa shape index (κ2) is 6.04. The number of hydrogen-bond acceptors (Lipinski definition) is 6. The van der Waals surface area contributed by atoms with Gasteiger partial charge in [-0.1, -0.05) is 24.3 Å². The van der Waals surface area contributed by atoms with Gasteiger partial charge in [0.1, 0.15) is 0 Å². The van der Waals surface area contributed by atoms with E-state index in [1.54, 1.807) is 0 Å². The fraction of sp³-hybridized carbons (Fsp3) is 0.538. The number of fused-ring (bicyclic) bond motifs is 1. The molecule has 0 heterocycles. The standard InChI is InChI=1S/C13H18O6S2/c1-20(14,15)18-8-10-7-11(9-19-21(2,16)17)13-6-4-3-5-12(10)13/h3-6,10-11H,7-9H2,1-2H3/t10-,11+. The highest BCUT2D eigenvalue weighted by molar-refractivity contribution is 7.86. The van der Waals surface area contributed by atoms with E-state index in [1.807, 2.05) is 24.3 Å². The quantitative estimate of drug-likeness (QED) is 0.727. The van der Waals surface area contributed by atoms with Crippen molar-refractivity contribution in [2.24, 2.45) is 0 Å². The van der Waals surface area contributed by atoms with E-state index in [1.165, 1.54) is 0 Å². The smallest absolute Gasteiger partial charge is 0.264 e. The van der Waals surface area contributed by atoms with Crippen molar-refractivity contribution in [1.82, 2.24) is 0 Å². The fourth-order valence-electron chi connectivity index (χ4n) is 2.58. The molecular weight excluding hydrogens is 316 g/mol. The highest BCUT2D eigenvalue weighted by atomic mass is 32.2. The molecule has 0 unspecified atom stereocenters. The molecule has 0 saturated heterocycles. The molecule has 0 aromatic heterocycles. The Morgan fingerprint density at radius 1 is 0.905 bits per heavy atom.